The van der Waals surface area contributed by atoms with Gasteiger partial charge in [0, 0.05) is 19.2 Å². The van der Waals surface area contributed by atoms with Gasteiger partial charge in [0.2, 0.25) is 0 Å². The van der Waals surface area contributed by atoms with Gasteiger partial charge in [-0.1, -0.05) is 12.1 Å². The Morgan fingerprint density at radius 3 is 2.63 bits per heavy atom. The van der Waals surface area contributed by atoms with Crippen molar-refractivity contribution in [2.45, 2.75) is 13.0 Å². The number of hydrogen-bond donors (Lipinski definition) is 1. The molecule has 2 heterocycles. The van der Waals surface area contributed by atoms with Crippen molar-refractivity contribution in [3.8, 4) is 0 Å². The second-order valence-corrected chi connectivity index (χ2v) is 4.37. The second kappa shape index (κ2) is 4.78. The van der Waals surface area contributed by atoms with Gasteiger partial charge < -0.3 is 5.73 Å². The molecule has 2 aromatic heterocycles. The number of nitrogens with two attached hydrogens (primary N) is 1. The van der Waals surface area contributed by atoms with Crippen LogP contribution in [0.3, 0.4) is 0 Å². The van der Waals surface area contributed by atoms with Gasteiger partial charge in [-0.3, -0.25) is 0 Å². The van der Waals surface area contributed by atoms with Gasteiger partial charge in [-0.2, -0.15) is 5.10 Å². The maximum atomic E-state index is 12.8. The third-order valence-corrected chi connectivity index (χ3v) is 2.96. The molecule has 1 aromatic carbocycles. The predicted octanol–water partition coefficient (Wildman–Crippen LogP) is 1.92. The fraction of sp³-hybridized carbons (Fsp3) is 0.143. The highest BCUT2D eigenvalue weighted by Gasteiger charge is 2.05. The monoisotopic (exact) mass is 256 g/mol. The van der Waals surface area contributed by atoms with E-state index in [0.29, 0.717) is 18.8 Å². The molecular weight excluding hydrogens is 243 g/mol. The number of pyridine rings is 1. The number of halogens is 1. The Labute approximate surface area is 109 Å². The fourth-order valence-electron chi connectivity index (χ4n) is 1.96. The Morgan fingerprint density at radius 1 is 1.11 bits per heavy atom. The molecule has 3 aromatic rings. The van der Waals surface area contributed by atoms with E-state index < -0.39 is 0 Å². The summed E-state index contributed by atoms with van der Waals surface area (Å²) in [5.74, 6) is 0.472. The molecule has 3 rings (SSSR count). The van der Waals surface area contributed by atoms with Gasteiger partial charge in [-0.25, -0.2) is 13.9 Å². The smallest absolute Gasteiger partial charge is 0.156 e. The van der Waals surface area contributed by atoms with E-state index in [-0.39, 0.29) is 5.82 Å². The van der Waals surface area contributed by atoms with Crippen LogP contribution in [-0.4, -0.2) is 14.6 Å². The molecule has 0 aliphatic heterocycles. The standard InChI is InChI=1S/C14H13FN4/c15-12-3-1-10(2-4-12)7-13-17-14-8-11(9-16)5-6-19(14)18-13/h1-6,8H,7,9,16H2. The minimum atomic E-state index is -0.237. The van der Waals surface area contributed by atoms with Crippen LogP contribution in [0.15, 0.2) is 42.6 Å². The van der Waals surface area contributed by atoms with E-state index >= 15 is 0 Å². The molecule has 0 bridgehead atoms. The van der Waals surface area contributed by atoms with E-state index in [2.05, 4.69) is 10.1 Å². The van der Waals surface area contributed by atoms with Gasteiger partial charge in [0.15, 0.2) is 11.5 Å². The van der Waals surface area contributed by atoms with Gasteiger partial charge in [0.25, 0.3) is 0 Å². The molecule has 0 atom stereocenters. The number of rotatable bonds is 3. The van der Waals surface area contributed by atoms with Crippen LogP contribution in [-0.2, 0) is 13.0 Å². The molecule has 0 fully saturated rings. The third kappa shape index (κ3) is 2.46. The Morgan fingerprint density at radius 2 is 1.89 bits per heavy atom. The molecule has 5 heteroatoms. The zero-order valence-corrected chi connectivity index (χ0v) is 10.3. The summed E-state index contributed by atoms with van der Waals surface area (Å²) < 4.78 is 14.5. The average molecular weight is 256 g/mol. The van der Waals surface area contributed by atoms with E-state index in [9.17, 15) is 4.39 Å². The summed E-state index contributed by atoms with van der Waals surface area (Å²) in [7, 11) is 0. The molecule has 0 aliphatic rings. The number of nitrogens with zero attached hydrogens (tertiary/aromatic N) is 3. The molecule has 0 unspecified atom stereocenters. The molecular formula is C14H13FN4. The molecule has 2 N–H and O–H groups in total. The molecule has 19 heavy (non-hydrogen) atoms. The zero-order chi connectivity index (χ0) is 13.2. The first-order chi connectivity index (χ1) is 9.24. The number of aromatic nitrogens is 3. The number of fused-ring (bicyclic) bond motifs is 1. The summed E-state index contributed by atoms with van der Waals surface area (Å²) in [6.07, 6.45) is 2.43. The molecule has 0 spiro atoms. The van der Waals surface area contributed by atoms with Gasteiger partial charge in [0.05, 0.1) is 0 Å². The Hall–Kier alpha value is -2.27. The highest BCUT2D eigenvalue weighted by molar-refractivity contribution is 5.41. The largest absolute Gasteiger partial charge is 0.326 e. The maximum Gasteiger partial charge on any atom is 0.156 e. The lowest BCUT2D eigenvalue weighted by atomic mass is 10.1. The molecule has 96 valence electrons. The maximum absolute atomic E-state index is 12.8. The minimum absolute atomic E-state index is 0.237. The van der Waals surface area contributed by atoms with Crippen molar-refractivity contribution in [2.24, 2.45) is 5.73 Å². The summed E-state index contributed by atoms with van der Waals surface area (Å²) >= 11 is 0. The van der Waals surface area contributed by atoms with Gasteiger partial charge in [0.1, 0.15) is 5.82 Å². The molecule has 0 saturated heterocycles. The van der Waals surface area contributed by atoms with Crippen LogP contribution in [0.1, 0.15) is 17.0 Å². The van der Waals surface area contributed by atoms with Crippen molar-refractivity contribution in [3.63, 3.8) is 0 Å². The first-order valence-electron chi connectivity index (χ1n) is 6.03. The van der Waals surface area contributed by atoms with Crippen molar-refractivity contribution in [3.05, 3.63) is 65.4 Å². The van der Waals surface area contributed by atoms with Crippen LogP contribution in [0.5, 0.6) is 0 Å². The predicted molar refractivity (Wildman–Crippen MR) is 70.1 cm³/mol. The van der Waals surface area contributed by atoms with Crippen LogP contribution in [0, 0.1) is 5.82 Å². The van der Waals surface area contributed by atoms with Crippen LogP contribution < -0.4 is 5.73 Å². The van der Waals surface area contributed by atoms with Crippen LogP contribution in [0.25, 0.3) is 5.65 Å². The van der Waals surface area contributed by atoms with Crippen LogP contribution >= 0.6 is 0 Å². The molecule has 0 aliphatic carbocycles. The van der Waals surface area contributed by atoms with Gasteiger partial charge in [-0.05, 0) is 35.4 Å². The highest BCUT2D eigenvalue weighted by Crippen LogP contribution is 2.10. The lowest BCUT2D eigenvalue weighted by Crippen LogP contribution is -1.97. The van der Waals surface area contributed by atoms with Crippen molar-refractivity contribution >= 4 is 5.65 Å². The SMILES string of the molecule is NCc1ccn2nc(Cc3ccc(F)cc3)nc2c1. The summed E-state index contributed by atoms with van der Waals surface area (Å²) in [6.45, 7) is 0.483. The van der Waals surface area contributed by atoms with E-state index in [1.54, 1.807) is 16.6 Å². The summed E-state index contributed by atoms with van der Waals surface area (Å²) in [4.78, 5) is 4.44. The summed E-state index contributed by atoms with van der Waals surface area (Å²) in [6, 6.07) is 10.2. The Bertz CT molecular complexity index is 703. The quantitative estimate of drug-likeness (QED) is 0.779. The lowest BCUT2D eigenvalue weighted by Gasteiger charge is -1.96. The zero-order valence-electron chi connectivity index (χ0n) is 10.3. The third-order valence-electron chi connectivity index (χ3n) is 2.96. The van der Waals surface area contributed by atoms with Crippen molar-refractivity contribution in [1.82, 2.24) is 14.6 Å². The van der Waals surface area contributed by atoms with Crippen molar-refractivity contribution < 1.29 is 4.39 Å². The van der Waals surface area contributed by atoms with E-state index in [1.807, 2.05) is 18.3 Å². The van der Waals surface area contributed by atoms with Crippen molar-refractivity contribution in [2.75, 3.05) is 0 Å². The number of benzene rings is 1. The van der Waals surface area contributed by atoms with E-state index in [1.165, 1.54) is 12.1 Å². The highest BCUT2D eigenvalue weighted by atomic mass is 19.1. The average Bonchev–Trinajstić information content (AvgIpc) is 2.82. The first kappa shape index (κ1) is 11.8. The minimum Gasteiger partial charge on any atom is -0.326 e. The summed E-state index contributed by atoms with van der Waals surface area (Å²) in [5.41, 5.74) is 8.37. The normalized spacial score (nSPS) is 11.1. The van der Waals surface area contributed by atoms with E-state index in [0.717, 1.165) is 16.8 Å². The van der Waals surface area contributed by atoms with E-state index in [4.69, 9.17) is 5.73 Å². The molecule has 0 saturated carbocycles. The second-order valence-electron chi connectivity index (χ2n) is 4.37. The lowest BCUT2D eigenvalue weighted by molar-refractivity contribution is 0.627. The topological polar surface area (TPSA) is 56.2 Å². The Balaban J connectivity index is 1.90. The van der Waals surface area contributed by atoms with Crippen LogP contribution in [0.4, 0.5) is 4.39 Å². The molecule has 4 nitrogen and oxygen atoms in total. The number of hydrogen-bond acceptors (Lipinski definition) is 3. The molecule has 0 amide bonds. The van der Waals surface area contributed by atoms with Gasteiger partial charge in [-0.15, -0.1) is 0 Å². The summed E-state index contributed by atoms with van der Waals surface area (Å²) in [5, 5.41) is 4.38. The Kier molecular flexibility index (Phi) is 2.97. The fourth-order valence-corrected chi connectivity index (χ4v) is 1.96. The first-order valence-corrected chi connectivity index (χ1v) is 6.03. The van der Waals surface area contributed by atoms with Crippen molar-refractivity contribution in [1.29, 1.82) is 0 Å². The van der Waals surface area contributed by atoms with Crippen LogP contribution in [0.2, 0.25) is 0 Å². The molecule has 0 radical (unpaired) electrons. The van der Waals surface area contributed by atoms with Gasteiger partial charge >= 0.3 is 0 Å².